The summed E-state index contributed by atoms with van der Waals surface area (Å²) in [6.07, 6.45) is -5.29. The number of ketones is 1. The number of ether oxygens (including phenoxy) is 3. The van der Waals surface area contributed by atoms with Gasteiger partial charge in [-0.1, -0.05) is 0 Å². The van der Waals surface area contributed by atoms with Crippen LogP contribution in [0, 0.1) is 0 Å². The van der Waals surface area contributed by atoms with Crippen LogP contribution in [-0.2, 0) is 42.0 Å². The zero-order chi connectivity index (χ0) is 19.8. The van der Waals surface area contributed by atoms with Gasteiger partial charge < -0.3 is 19.3 Å². The summed E-state index contributed by atoms with van der Waals surface area (Å²) in [4.78, 5) is 57.1. The van der Waals surface area contributed by atoms with Crippen LogP contribution in [0.5, 0.6) is 0 Å². The highest BCUT2D eigenvalue weighted by molar-refractivity contribution is 9.06. The van der Waals surface area contributed by atoms with Crippen molar-refractivity contribution in [2.24, 2.45) is 0 Å². The van der Waals surface area contributed by atoms with Crippen LogP contribution in [0.2, 0.25) is 0 Å². The Morgan fingerprint density at radius 1 is 1.04 bits per heavy atom. The van der Waals surface area contributed by atoms with Gasteiger partial charge in [0.15, 0.2) is 24.3 Å². The molecule has 10 nitrogen and oxygen atoms in total. The molecule has 11 heteroatoms. The van der Waals surface area contributed by atoms with Crippen molar-refractivity contribution >= 4 is 46.2 Å². The monoisotopic (exact) mass is 426 g/mol. The minimum Gasteiger partial charge on any atom is -0.463 e. The highest BCUT2D eigenvalue weighted by atomic mass is 79.9. The van der Waals surface area contributed by atoms with E-state index in [1.54, 1.807) is 0 Å². The van der Waals surface area contributed by atoms with Crippen LogP contribution in [0.25, 0.3) is 0 Å². The predicted octanol–water partition coefficient (Wildman–Crippen LogP) is -0.373. The van der Waals surface area contributed by atoms with Crippen molar-refractivity contribution in [1.82, 2.24) is 0 Å². The number of rotatable bonds is 10. The van der Waals surface area contributed by atoms with Crippen LogP contribution in [-0.4, -0.2) is 65.6 Å². The Labute approximate surface area is 152 Å². The fourth-order valence-electron chi connectivity index (χ4n) is 1.88. The van der Waals surface area contributed by atoms with Crippen molar-refractivity contribution in [2.45, 2.75) is 51.6 Å². The molecule has 0 aliphatic heterocycles. The number of hydrogen-bond acceptors (Lipinski definition) is 10. The molecule has 0 amide bonds. The van der Waals surface area contributed by atoms with Crippen LogP contribution in [0.4, 0.5) is 0 Å². The number of halogens is 1. The van der Waals surface area contributed by atoms with Crippen molar-refractivity contribution in [3.8, 4) is 0 Å². The van der Waals surface area contributed by atoms with Crippen molar-refractivity contribution in [3.63, 3.8) is 0 Å². The summed E-state index contributed by atoms with van der Waals surface area (Å²) in [6, 6.07) is 0. The zero-order valence-corrected chi connectivity index (χ0v) is 15.6. The van der Waals surface area contributed by atoms with Gasteiger partial charge in [-0.2, -0.15) is 0 Å². The van der Waals surface area contributed by atoms with Gasteiger partial charge in [-0.3, -0.25) is 27.8 Å². The van der Waals surface area contributed by atoms with E-state index in [0.29, 0.717) is 0 Å². The van der Waals surface area contributed by atoms with Gasteiger partial charge in [0.05, 0.1) is 0 Å². The van der Waals surface area contributed by atoms with E-state index in [2.05, 4.69) is 21.0 Å². The summed E-state index contributed by atoms with van der Waals surface area (Å²) in [5.74, 6) is -3.50. The Morgan fingerprint density at radius 2 is 1.56 bits per heavy atom. The molecule has 0 aliphatic rings. The van der Waals surface area contributed by atoms with Gasteiger partial charge in [0.2, 0.25) is 5.60 Å². The Kier molecular flexibility index (Phi) is 9.46. The third-order valence-electron chi connectivity index (χ3n) is 3.01. The topological polar surface area (TPSA) is 143 Å². The third kappa shape index (κ3) is 6.52. The number of esters is 3. The first-order valence-corrected chi connectivity index (χ1v) is 7.59. The van der Waals surface area contributed by atoms with Gasteiger partial charge in [0.25, 0.3) is 0 Å². The van der Waals surface area contributed by atoms with Gasteiger partial charge in [0, 0.05) is 20.8 Å². The van der Waals surface area contributed by atoms with E-state index in [4.69, 9.17) is 13.3 Å². The highest BCUT2D eigenvalue weighted by Gasteiger charge is 2.54. The SMILES string of the molecule is CC(=O)OC[C@@H](O)[C@H](OC(C)=O)[C@H](OC(C)=O)[C@](C=O)(OBr)C(C)=O. The van der Waals surface area contributed by atoms with E-state index in [1.165, 1.54) is 0 Å². The molecule has 142 valence electrons. The molecule has 0 saturated carbocycles. The second-order valence-corrected chi connectivity index (χ2v) is 5.34. The van der Waals surface area contributed by atoms with Gasteiger partial charge >= 0.3 is 17.9 Å². The number of aldehydes is 1. The predicted molar refractivity (Wildman–Crippen MR) is 83.2 cm³/mol. The van der Waals surface area contributed by atoms with Gasteiger partial charge in [0.1, 0.15) is 29.0 Å². The lowest BCUT2D eigenvalue weighted by Gasteiger charge is -2.37. The van der Waals surface area contributed by atoms with Crippen LogP contribution in [0.1, 0.15) is 27.7 Å². The van der Waals surface area contributed by atoms with Crippen LogP contribution in [0.3, 0.4) is 0 Å². The highest BCUT2D eigenvalue weighted by Crippen LogP contribution is 2.28. The number of hydrogen-bond donors (Lipinski definition) is 1. The maximum absolute atomic E-state index is 11.9. The van der Waals surface area contributed by atoms with Crippen molar-refractivity contribution < 1.29 is 47.1 Å². The molecule has 25 heavy (non-hydrogen) atoms. The van der Waals surface area contributed by atoms with E-state index in [-0.39, 0.29) is 6.29 Å². The molecule has 4 atom stereocenters. The Bertz CT molecular complexity index is 534. The smallest absolute Gasteiger partial charge is 0.303 e. The number of aliphatic hydroxyl groups is 1. The molecule has 0 aromatic rings. The van der Waals surface area contributed by atoms with Gasteiger partial charge in [-0.05, 0) is 6.92 Å². The summed E-state index contributed by atoms with van der Waals surface area (Å²) >= 11 is 2.52. The largest absolute Gasteiger partial charge is 0.463 e. The van der Waals surface area contributed by atoms with E-state index in [0.717, 1.165) is 27.7 Å². The van der Waals surface area contributed by atoms with Crippen LogP contribution >= 0.6 is 16.3 Å². The molecular weight excluding hydrogens is 408 g/mol. The van der Waals surface area contributed by atoms with E-state index in [9.17, 15) is 29.1 Å². The molecule has 1 N–H and O–H groups in total. The van der Waals surface area contributed by atoms with Gasteiger partial charge in [-0.25, -0.2) is 0 Å². The maximum Gasteiger partial charge on any atom is 0.303 e. The molecule has 0 bridgehead atoms. The zero-order valence-electron chi connectivity index (χ0n) is 14.0. The number of Topliss-reactive ketones (excluding diaryl/α,β-unsaturated/α-hetero) is 1. The fourth-order valence-corrected chi connectivity index (χ4v) is 2.36. The molecule has 0 aromatic heterocycles. The minimum atomic E-state index is -2.41. The quantitative estimate of drug-likeness (QED) is 0.212. The molecule has 0 saturated heterocycles. The van der Waals surface area contributed by atoms with Crippen molar-refractivity contribution in [1.29, 1.82) is 0 Å². The molecule has 0 aliphatic carbocycles. The normalized spacial score (nSPS) is 16.6. The average Bonchev–Trinajstić information content (AvgIpc) is 2.50. The van der Waals surface area contributed by atoms with Crippen LogP contribution in [0.15, 0.2) is 0 Å². The lowest BCUT2D eigenvalue weighted by Crippen LogP contribution is -2.61. The first-order chi connectivity index (χ1) is 11.5. The summed E-state index contributed by atoms with van der Waals surface area (Å²) in [7, 11) is 0. The standard InChI is InChI=1S/C14H19BrO10/c1-7(17)14(6-16,25-15)13(24-10(4)20)12(23-9(3)19)11(21)5-22-8(2)18/h6,11-13,21H,5H2,1-4H3/t11-,12+,13+,14-/m1/s1. The molecule has 0 unspecified atom stereocenters. The average molecular weight is 427 g/mol. The number of aliphatic hydroxyl groups excluding tert-OH is 1. The first kappa shape index (κ1) is 23.1. The molecule has 0 fully saturated rings. The minimum absolute atomic E-state index is 0.0345. The molecule has 0 spiro atoms. The van der Waals surface area contributed by atoms with E-state index < -0.39 is 54.2 Å². The Balaban J connectivity index is 6.02. The second-order valence-electron chi connectivity index (χ2n) is 5.02. The second kappa shape index (κ2) is 10.2. The first-order valence-electron chi connectivity index (χ1n) is 6.94. The Morgan fingerprint density at radius 3 is 1.88 bits per heavy atom. The lowest BCUT2D eigenvalue weighted by molar-refractivity contribution is -0.198. The van der Waals surface area contributed by atoms with E-state index in [1.807, 2.05) is 0 Å². The molecule has 0 radical (unpaired) electrons. The summed E-state index contributed by atoms with van der Waals surface area (Å²) in [5.41, 5.74) is -2.41. The third-order valence-corrected chi connectivity index (χ3v) is 3.54. The number of carbonyl (C=O) groups excluding carboxylic acids is 5. The molecular formula is C14H19BrO10. The summed E-state index contributed by atoms with van der Waals surface area (Å²) < 4.78 is 19.2. The molecule has 0 aromatic carbocycles. The molecule has 0 rings (SSSR count). The summed E-state index contributed by atoms with van der Waals surface area (Å²) in [5, 5.41) is 10.2. The maximum atomic E-state index is 11.9. The van der Waals surface area contributed by atoms with Crippen molar-refractivity contribution in [2.75, 3.05) is 6.61 Å². The fraction of sp³-hybridized carbons (Fsp3) is 0.643. The molecule has 0 heterocycles. The van der Waals surface area contributed by atoms with Gasteiger partial charge in [-0.15, -0.1) is 0 Å². The number of carbonyl (C=O) groups is 5. The van der Waals surface area contributed by atoms with Crippen LogP contribution < -0.4 is 0 Å². The Hall–Kier alpha value is -1.85. The summed E-state index contributed by atoms with van der Waals surface area (Å²) in [6.45, 7) is 3.35. The van der Waals surface area contributed by atoms with Crippen molar-refractivity contribution in [3.05, 3.63) is 0 Å². The van der Waals surface area contributed by atoms with E-state index >= 15 is 0 Å². The lowest BCUT2D eigenvalue weighted by atomic mass is 9.88.